The van der Waals surface area contributed by atoms with Crippen molar-refractivity contribution in [3.63, 3.8) is 0 Å². The molecule has 1 fully saturated rings. The lowest BCUT2D eigenvalue weighted by Gasteiger charge is -2.30. The molecule has 1 N–H and O–H groups in total. The Hall–Kier alpha value is -0.940. The van der Waals surface area contributed by atoms with Gasteiger partial charge in [0.15, 0.2) is 0 Å². The summed E-state index contributed by atoms with van der Waals surface area (Å²) in [5.41, 5.74) is 0.589. The molecule has 1 aromatic carbocycles. The van der Waals surface area contributed by atoms with Crippen LogP contribution in [0.4, 0.5) is 13.2 Å². The van der Waals surface area contributed by atoms with Gasteiger partial charge in [0.1, 0.15) is 11.6 Å². The summed E-state index contributed by atoms with van der Waals surface area (Å²) >= 11 is 0. The van der Waals surface area contributed by atoms with Crippen molar-refractivity contribution in [2.24, 2.45) is 5.92 Å². The van der Waals surface area contributed by atoms with Gasteiger partial charge in [0.2, 0.25) is 0 Å². The van der Waals surface area contributed by atoms with Gasteiger partial charge in [-0.1, -0.05) is 13.0 Å². The summed E-state index contributed by atoms with van der Waals surface area (Å²) < 4.78 is 42.1. The largest absolute Gasteiger partial charge is 0.435 e. The maximum atomic E-state index is 13.9. The van der Waals surface area contributed by atoms with Crippen LogP contribution in [0.2, 0.25) is 0 Å². The summed E-state index contributed by atoms with van der Waals surface area (Å²) in [5.74, 6) is -0.137. The normalized spacial score (nSPS) is 23.0. The minimum atomic E-state index is -2.92. The molecule has 0 unspecified atom stereocenters. The van der Waals surface area contributed by atoms with Crippen molar-refractivity contribution in [2.45, 2.75) is 25.9 Å². The van der Waals surface area contributed by atoms with Crippen LogP contribution in [0.5, 0.6) is 5.75 Å². The fraction of sp³-hybridized carbons (Fsp3) is 0.538. The summed E-state index contributed by atoms with van der Waals surface area (Å²) in [5, 5.41) is 3.24. The molecule has 0 saturated carbocycles. The highest BCUT2D eigenvalue weighted by Gasteiger charge is 2.25. The van der Waals surface area contributed by atoms with E-state index in [1.165, 1.54) is 6.07 Å². The van der Waals surface area contributed by atoms with Crippen LogP contribution < -0.4 is 10.1 Å². The van der Waals surface area contributed by atoms with Gasteiger partial charge >= 0.3 is 6.61 Å². The van der Waals surface area contributed by atoms with E-state index in [2.05, 4.69) is 17.0 Å². The number of piperidine rings is 1. The van der Waals surface area contributed by atoms with Gasteiger partial charge < -0.3 is 10.1 Å². The van der Waals surface area contributed by atoms with Crippen molar-refractivity contribution in [3.05, 3.63) is 29.6 Å². The van der Waals surface area contributed by atoms with Gasteiger partial charge in [-0.15, -0.1) is 12.4 Å². The maximum absolute atomic E-state index is 13.9. The fourth-order valence-corrected chi connectivity index (χ4v) is 2.46. The van der Waals surface area contributed by atoms with Crippen LogP contribution in [-0.4, -0.2) is 19.7 Å². The summed E-state index contributed by atoms with van der Waals surface area (Å²) in [6.07, 6.45) is 0.854. The monoisotopic (exact) mass is 295 g/mol. The third kappa shape index (κ3) is 4.01. The first kappa shape index (κ1) is 16.1. The van der Waals surface area contributed by atoms with E-state index in [1.54, 1.807) is 6.07 Å². The molecule has 0 bridgehead atoms. The lowest BCUT2D eigenvalue weighted by atomic mass is 9.82. The quantitative estimate of drug-likeness (QED) is 0.920. The minimum absolute atomic E-state index is 0. The molecule has 0 aliphatic carbocycles. The SMILES string of the molecule is C[C@@H]1CNCC[C@@H]1c1ccc(OC(F)F)cc1F.Cl. The van der Waals surface area contributed by atoms with Crippen molar-refractivity contribution in [2.75, 3.05) is 13.1 Å². The molecule has 0 amide bonds. The van der Waals surface area contributed by atoms with Crippen LogP contribution >= 0.6 is 12.4 Å². The van der Waals surface area contributed by atoms with E-state index >= 15 is 0 Å². The predicted octanol–water partition coefficient (Wildman–Crippen LogP) is 3.56. The molecular formula is C13H17ClF3NO. The smallest absolute Gasteiger partial charge is 0.387 e. The first-order valence-corrected chi connectivity index (χ1v) is 6.03. The van der Waals surface area contributed by atoms with Crippen LogP contribution in [0.3, 0.4) is 0 Å². The summed E-state index contributed by atoms with van der Waals surface area (Å²) in [7, 11) is 0. The van der Waals surface area contributed by atoms with Gasteiger partial charge in [-0.05, 0) is 43.0 Å². The zero-order valence-electron chi connectivity index (χ0n) is 10.5. The standard InChI is InChI=1S/C13H16F3NO.ClH/c1-8-7-17-5-4-10(8)11-3-2-9(6-12(11)14)18-13(15)16;/h2-3,6,8,10,13,17H,4-5,7H2,1H3;1H/t8-,10+;/m1./s1. The Morgan fingerprint density at radius 2 is 2.11 bits per heavy atom. The topological polar surface area (TPSA) is 21.3 Å². The molecule has 108 valence electrons. The van der Waals surface area contributed by atoms with Gasteiger partial charge in [-0.25, -0.2) is 4.39 Å². The van der Waals surface area contributed by atoms with Crippen molar-refractivity contribution >= 4 is 12.4 Å². The van der Waals surface area contributed by atoms with Crippen LogP contribution in [0.25, 0.3) is 0 Å². The first-order chi connectivity index (χ1) is 8.58. The van der Waals surface area contributed by atoms with Gasteiger partial charge in [0.05, 0.1) is 0 Å². The molecule has 0 radical (unpaired) electrons. The van der Waals surface area contributed by atoms with Gasteiger partial charge in [-0.3, -0.25) is 0 Å². The Morgan fingerprint density at radius 3 is 2.68 bits per heavy atom. The van der Waals surface area contributed by atoms with E-state index in [-0.39, 0.29) is 24.1 Å². The van der Waals surface area contributed by atoms with Crippen LogP contribution in [0.1, 0.15) is 24.8 Å². The third-order valence-corrected chi connectivity index (χ3v) is 3.38. The van der Waals surface area contributed by atoms with E-state index in [4.69, 9.17) is 0 Å². The molecule has 0 spiro atoms. The molecule has 1 aliphatic rings. The van der Waals surface area contributed by atoms with Crippen molar-refractivity contribution in [1.82, 2.24) is 5.32 Å². The second kappa shape index (κ2) is 7.01. The zero-order valence-corrected chi connectivity index (χ0v) is 11.4. The second-order valence-corrected chi connectivity index (χ2v) is 4.64. The van der Waals surface area contributed by atoms with E-state index < -0.39 is 12.4 Å². The lowest BCUT2D eigenvalue weighted by Crippen LogP contribution is -2.34. The molecule has 1 aromatic rings. The third-order valence-electron chi connectivity index (χ3n) is 3.38. The molecule has 6 heteroatoms. The maximum Gasteiger partial charge on any atom is 0.387 e. The summed E-state index contributed by atoms with van der Waals surface area (Å²) in [6, 6.07) is 4.00. The Morgan fingerprint density at radius 1 is 1.37 bits per heavy atom. The molecule has 1 saturated heterocycles. The van der Waals surface area contributed by atoms with E-state index in [0.717, 1.165) is 25.6 Å². The number of hydrogen-bond acceptors (Lipinski definition) is 2. The highest BCUT2D eigenvalue weighted by Crippen LogP contribution is 2.33. The molecule has 19 heavy (non-hydrogen) atoms. The van der Waals surface area contributed by atoms with Crippen molar-refractivity contribution < 1.29 is 17.9 Å². The number of nitrogens with one attached hydrogen (secondary N) is 1. The van der Waals surface area contributed by atoms with Crippen molar-refractivity contribution in [3.8, 4) is 5.75 Å². The summed E-state index contributed by atoms with van der Waals surface area (Å²) in [6.45, 7) is 0.830. The Kier molecular flexibility index (Phi) is 5.94. The van der Waals surface area contributed by atoms with Gasteiger partial charge in [-0.2, -0.15) is 8.78 Å². The average molecular weight is 296 g/mol. The summed E-state index contributed by atoms with van der Waals surface area (Å²) in [4.78, 5) is 0. The first-order valence-electron chi connectivity index (χ1n) is 6.03. The number of hydrogen-bond donors (Lipinski definition) is 1. The number of rotatable bonds is 3. The molecule has 1 aliphatic heterocycles. The van der Waals surface area contributed by atoms with E-state index in [0.29, 0.717) is 11.5 Å². The van der Waals surface area contributed by atoms with Gasteiger partial charge in [0.25, 0.3) is 0 Å². The number of alkyl halides is 2. The molecule has 2 nitrogen and oxygen atoms in total. The fourth-order valence-electron chi connectivity index (χ4n) is 2.46. The molecule has 0 aromatic heterocycles. The Labute approximate surface area is 116 Å². The number of halogens is 4. The molecule has 2 atom stereocenters. The van der Waals surface area contributed by atoms with Gasteiger partial charge in [0, 0.05) is 6.07 Å². The van der Waals surface area contributed by atoms with Crippen LogP contribution in [-0.2, 0) is 0 Å². The van der Waals surface area contributed by atoms with Crippen LogP contribution in [0, 0.1) is 11.7 Å². The Balaban J connectivity index is 0.00000180. The van der Waals surface area contributed by atoms with Crippen LogP contribution in [0.15, 0.2) is 18.2 Å². The molecule has 2 rings (SSSR count). The number of benzene rings is 1. The number of ether oxygens (including phenoxy) is 1. The predicted molar refractivity (Wildman–Crippen MR) is 69.7 cm³/mol. The van der Waals surface area contributed by atoms with Crippen molar-refractivity contribution in [1.29, 1.82) is 0 Å². The van der Waals surface area contributed by atoms with E-state index in [9.17, 15) is 13.2 Å². The lowest BCUT2D eigenvalue weighted by molar-refractivity contribution is -0.0500. The Bertz CT molecular complexity index is 417. The highest BCUT2D eigenvalue weighted by atomic mass is 35.5. The molecular weight excluding hydrogens is 279 g/mol. The molecule has 1 heterocycles. The minimum Gasteiger partial charge on any atom is -0.435 e. The second-order valence-electron chi connectivity index (χ2n) is 4.64. The van der Waals surface area contributed by atoms with E-state index in [1.807, 2.05) is 0 Å². The zero-order chi connectivity index (χ0) is 13.1. The average Bonchev–Trinajstić information content (AvgIpc) is 2.30. The highest BCUT2D eigenvalue weighted by molar-refractivity contribution is 5.85.